The molecule has 2 saturated carbocycles. The maximum atomic E-state index is 13.6. The van der Waals surface area contributed by atoms with Gasteiger partial charge in [-0.2, -0.15) is 4.31 Å². The number of amides is 1. The lowest BCUT2D eigenvalue weighted by Gasteiger charge is -2.51. The number of β-lactam (4-membered cyclic amide) rings is 1. The van der Waals surface area contributed by atoms with Gasteiger partial charge < -0.3 is 4.90 Å². The number of carbonyl (C=O) groups is 1. The van der Waals surface area contributed by atoms with Crippen molar-refractivity contribution in [3.8, 4) is 0 Å². The molecule has 5 nitrogen and oxygen atoms in total. The third-order valence-corrected chi connectivity index (χ3v) is 11.4. The molecule has 2 aliphatic carbocycles. The van der Waals surface area contributed by atoms with Gasteiger partial charge in [0.05, 0.1) is 11.8 Å². The fraction of sp³-hybridized carbons (Fsp3) is 0.464. The Kier molecular flexibility index (Phi) is 4.88. The highest BCUT2D eigenvalue weighted by Gasteiger charge is 2.74. The van der Waals surface area contributed by atoms with E-state index in [4.69, 9.17) is 0 Å². The Morgan fingerprint density at radius 3 is 2.38 bits per heavy atom. The lowest BCUT2D eigenvalue weighted by molar-refractivity contribution is -0.155. The van der Waals surface area contributed by atoms with Gasteiger partial charge >= 0.3 is 0 Å². The largest absolute Gasteiger partial charge is 0.328 e. The molecule has 2 aromatic carbocycles. The van der Waals surface area contributed by atoms with Gasteiger partial charge in [0.2, 0.25) is 15.9 Å². The van der Waals surface area contributed by atoms with E-state index in [-0.39, 0.29) is 34.6 Å². The zero-order chi connectivity index (χ0) is 23.7. The number of carbonyl (C=O) groups excluding carboxylic acids is 1. The van der Waals surface area contributed by atoms with E-state index in [2.05, 4.69) is 13.8 Å². The number of nitrogens with zero attached hydrogens (tertiary/aromatic N) is 2. The van der Waals surface area contributed by atoms with Crippen LogP contribution >= 0.6 is 0 Å². The van der Waals surface area contributed by atoms with Crippen molar-refractivity contribution in [2.75, 3.05) is 5.75 Å². The molecule has 2 aliphatic heterocycles. The molecule has 6 heteroatoms. The molecule has 4 fully saturated rings. The molecule has 5 atom stereocenters. The molecule has 2 saturated heterocycles. The van der Waals surface area contributed by atoms with Gasteiger partial charge in [0, 0.05) is 18.0 Å². The zero-order valence-electron chi connectivity index (χ0n) is 19.8. The minimum Gasteiger partial charge on any atom is -0.328 e. The van der Waals surface area contributed by atoms with E-state index < -0.39 is 16.1 Å². The van der Waals surface area contributed by atoms with Crippen molar-refractivity contribution in [2.24, 2.45) is 16.7 Å². The molecule has 1 spiro atoms. The average Bonchev–Trinajstić information content (AvgIpc) is 3.30. The number of rotatable bonds is 5. The maximum absolute atomic E-state index is 13.6. The molecule has 2 aromatic rings. The lowest BCUT2D eigenvalue weighted by atomic mass is 9.68. The van der Waals surface area contributed by atoms with Crippen LogP contribution < -0.4 is 0 Å². The Balaban J connectivity index is 1.36. The molecule has 0 N–H and O–H groups in total. The SMILES string of the molecule is CC1(C)[C@H]2CC[C@@]13CS(=O)(=O)N([C@@H]1C(=O)N(Cc4ccccc4)[C@@H]1/C=C\c1ccccc1)[C@H]3C2. The van der Waals surface area contributed by atoms with Crippen molar-refractivity contribution in [3.05, 3.63) is 77.9 Å². The van der Waals surface area contributed by atoms with Gasteiger partial charge in [-0.15, -0.1) is 0 Å². The Morgan fingerprint density at radius 2 is 1.71 bits per heavy atom. The van der Waals surface area contributed by atoms with Crippen molar-refractivity contribution in [2.45, 2.75) is 57.8 Å². The summed E-state index contributed by atoms with van der Waals surface area (Å²) in [4.78, 5) is 15.4. The first-order valence-corrected chi connectivity index (χ1v) is 13.9. The number of fused-ring (bicyclic) bond motifs is 1. The van der Waals surface area contributed by atoms with E-state index in [0.717, 1.165) is 30.4 Å². The normalized spacial score (nSPS) is 35.6. The molecule has 2 bridgehead atoms. The van der Waals surface area contributed by atoms with Crippen LogP contribution in [0.25, 0.3) is 6.08 Å². The lowest BCUT2D eigenvalue weighted by Crippen LogP contribution is -2.71. The summed E-state index contributed by atoms with van der Waals surface area (Å²) < 4.78 is 28.9. The van der Waals surface area contributed by atoms with Crippen LogP contribution in [0.4, 0.5) is 0 Å². The summed E-state index contributed by atoms with van der Waals surface area (Å²) >= 11 is 0. The highest BCUT2D eigenvalue weighted by Crippen LogP contribution is 2.70. The predicted molar refractivity (Wildman–Crippen MR) is 133 cm³/mol. The van der Waals surface area contributed by atoms with Crippen molar-refractivity contribution < 1.29 is 13.2 Å². The number of benzene rings is 2. The molecule has 34 heavy (non-hydrogen) atoms. The van der Waals surface area contributed by atoms with E-state index in [0.29, 0.717) is 12.5 Å². The number of likely N-dealkylation sites (tertiary alicyclic amines) is 1. The molecule has 0 radical (unpaired) electrons. The number of sulfonamides is 1. The summed E-state index contributed by atoms with van der Waals surface area (Å²) in [6.45, 7) is 4.99. The van der Waals surface area contributed by atoms with E-state index in [1.165, 1.54) is 0 Å². The van der Waals surface area contributed by atoms with Gasteiger partial charge in [0.25, 0.3) is 0 Å². The third-order valence-electron chi connectivity index (χ3n) is 9.43. The molecule has 6 rings (SSSR count). The van der Waals surface area contributed by atoms with Crippen LogP contribution in [-0.4, -0.2) is 47.4 Å². The molecule has 4 aliphatic rings. The third kappa shape index (κ3) is 3.01. The summed E-state index contributed by atoms with van der Waals surface area (Å²) in [5.74, 6) is 0.642. The summed E-state index contributed by atoms with van der Waals surface area (Å²) in [5, 5.41) is 0. The van der Waals surface area contributed by atoms with Crippen molar-refractivity contribution in [1.82, 2.24) is 9.21 Å². The highest BCUT2D eigenvalue weighted by atomic mass is 32.2. The molecule has 0 unspecified atom stereocenters. The summed E-state index contributed by atoms with van der Waals surface area (Å²) in [6, 6.07) is 18.9. The standard InChI is InChI=1S/C28H32N2O3S/c1-27(2)22-15-16-28(27)19-34(32,33)30(24(28)17-22)25-23(14-13-20-9-5-3-6-10-20)29(26(25)31)18-21-11-7-4-8-12-21/h3-14,22-25H,15-19H2,1-2H3/b14-13-/t22-,23+,24-,25-,28-/m0/s1. The number of hydrogen-bond acceptors (Lipinski definition) is 3. The van der Waals surface area contributed by atoms with Crippen molar-refractivity contribution in [1.29, 1.82) is 0 Å². The maximum Gasteiger partial charge on any atom is 0.244 e. The second-order valence-electron chi connectivity index (χ2n) is 11.1. The monoisotopic (exact) mass is 476 g/mol. The minimum atomic E-state index is -3.51. The molecule has 0 aromatic heterocycles. The first kappa shape index (κ1) is 22.1. The van der Waals surface area contributed by atoms with Crippen LogP contribution in [-0.2, 0) is 21.4 Å². The van der Waals surface area contributed by atoms with Crippen LogP contribution in [0.3, 0.4) is 0 Å². The summed E-state index contributed by atoms with van der Waals surface area (Å²) in [7, 11) is -3.51. The fourth-order valence-corrected chi connectivity index (χ4v) is 10.2. The topological polar surface area (TPSA) is 57.7 Å². The van der Waals surface area contributed by atoms with Crippen molar-refractivity contribution in [3.63, 3.8) is 0 Å². The van der Waals surface area contributed by atoms with Gasteiger partial charge in [0.15, 0.2) is 0 Å². The molecular formula is C28H32N2O3S. The quantitative estimate of drug-likeness (QED) is 0.604. The highest BCUT2D eigenvalue weighted by molar-refractivity contribution is 7.89. The summed E-state index contributed by atoms with van der Waals surface area (Å²) in [6.07, 6.45) is 6.98. The van der Waals surface area contributed by atoms with Crippen LogP contribution in [0.5, 0.6) is 0 Å². The van der Waals surface area contributed by atoms with Gasteiger partial charge in [0.1, 0.15) is 6.04 Å². The van der Waals surface area contributed by atoms with Crippen molar-refractivity contribution >= 4 is 22.0 Å². The Morgan fingerprint density at radius 1 is 1.03 bits per heavy atom. The van der Waals surface area contributed by atoms with Crippen LogP contribution in [0, 0.1) is 16.7 Å². The van der Waals surface area contributed by atoms with Gasteiger partial charge in [-0.1, -0.05) is 86.7 Å². The Bertz CT molecular complexity index is 1240. The first-order chi connectivity index (χ1) is 16.2. The Hall–Kier alpha value is -2.44. The van der Waals surface area contributed by atoms with E-state index in [9.17, 15) is 13.2 Å². The van der Waals surface area contributed by atoms with E-state index in [1.54, 1.807) is 4.31 Å². The second kappa shape index (κ2) is 7.53. The first-order valence-electron chi connectivity index (χ1n) is 12.3. The smallest absolute Gasteiger partial charge is 0.244 e. The van der Waals surface area contributed by atoms with Crippen LogP contribution in [0.1, 0.15) is 44.2 Å². The van der Waals surface area contributed by atoms with Crippen LogP contribution in [0.2, 0.25) is 0 Å². The fourth-order valence-electron chi connectivity index (χ4n) is 7.44. The Labute approximate surface area is 202 Å². The summed E-state index contributed by atoms with van der Waals surface area (Å²) in [5.41, 5.74) is 1.85. The van der Waals surface area contributed by atoms with Crippen LogP contribution in [0.15, 0.2) is 66.7 Å². The van der Waals surface area contributed by atoms with Gasteiger partial charge in [-0.3, -0.25) is 4.79 Å². The zero-order valence-corrected chi connectivity index (χ0v) is 20.6. The van der Waals surface area contributed by atoms with E-state index in [1.807, 2.05) is 77.7 Å². The molecule has 2 heterocycles. The predicted octanol–water partition coefficient (Wildman–Crippen LogP) is 4.32. The average molecular weight is 477 g/mol. The number of hydrogen-bond donors (Lipinski definition) is 0. The molecule has 1 amide bonds. The second-order valence-corrected chi connectivity index (χ2v) is 13.0. The molecular weight excluding hydrogens is 444 g/mol. The van der Waals surface area contributed by atoms with E-state index >= 15 is 0 Å². The molecule has 178 valence electrons. The van der Waals surface area contributed by atoms with Gasteiger partial charge in [-0.05, 0) is 41.7 Å². The minimum absolute atomic E-state index is 0.00855. The van der Waals surface area contributed by atoms with Gasteiger partial charge in [-0.25, -0.2) is 8.42 Å².